The second kappa shape index (κ2) is 8.04. The third-order valence-electron chi connectivity index (χ3n) is 8.59. The summed E-state index contributed by atoms with van der Waals surface area (Å²) >= 11 is 0. The molecule has 2 aliphatic heterocycles. The standard InChI is InChI=1S/C32H24N2O6/c1-15-9-17-11-20-21(12-18(17)10-19(15)14-33)30(39)27-26(29(20)38)23(36)13-22-28(27)34-24-7-5-3-4-6-8-25(37)32(22)31(24,40-32)16(2)35/h3-4,9-13,16,24-25,34-37H,14,33H2,1-2H3/b4-3-/t16-,24+,25-,31+,32+/m1/s1. The molecule has 4 aliphatic rings. The van der Waals surface area contributed by atoms with Gasteiger partial charge in [-0.25, -0.2) is 0 Å². The highest BCUT2D eigenvalue weighted by Gasteiger charge is 2.82. The lowest BCUT2D eigenvalue weighted by Gasteiger charge is -2.37. The SMILES string of the molecule is Cc1cc2cc3c(cc2cc1CN)C(=O)c1c2c(cc(O)c1C3=O)[C@@]13O[C@@]1([C@@H](C)O)[C@H](C#C/C=C\C#C[C@H]3O)N2. The van der Waals surface area contributed by atoms with E-state index >= 15 is 0 Å². The number of rotatable bonds is 2. The van der Waals surface area contributed by atoms with Gasteiger partial charge in [0.05, 0.1) is 22.9 Å². The van der Waals surface area contributed by atoms with Gasteiger partial charge in [0, 0.05) is 23.2 Å². The zero-order valence-corrected chi connectivity index (χ0v) is 21.6. The Bertz CT molecular complexity index is 1880. The maximum absolute atomic E-state index is 14.2. The number of nitrogens with two attached hydrogens (primary N) is 1. The number of epoxide rings is 1. The number of phenols is 1. The molecule has 3 aromatic rings. The van der Waals surface area contributed by atoms with Crippen molar-refractivity contribution >= 4 is 28.0 Å². The number of nitrogens with one attached hydrogen (secondary N) is 1. The van der Waals surface area contributed by atoms with E-state index in [-0.39, 0.29) is 33.5 Å². The van der Waals surface area contributed by atoms with Crippen molar-refractivity contribution < 1.29 is 29.6 Å². The summed E-state index contributed by atoms with van der Waals surface area (Å²) in [6.45, 7) is 3.79. The van der Waals surface area contributed by atoms with E-state index in [1.807, 2.05) is 19.1 Å². The molecule has 7 rings (SSSR count). The number of carbonyl (C=O) groups is 2. The monoisotopic (exact) mass is 532 g/mol. The van der Waals surface area contributed by atoms with Crippen LogP contribution in [0.5, 0.6) is 5.75 Å². The summed E-state index contributed by atoms with van der Waals surface area (Å²) in [5.41, 5.74) is 5.41. The van der Waals surface area contributed by atoms with Gasteiger partial charge in [-0.1, -0.05) is 29.7 Å². The molecule has 8 heteroatoms. The van der Waals surface area contributed by atoms with E-state index < -0.39 is 46.8 Å². The number of allylic oxidation sites excluding steroid dienone is 2. The number of phenolic OH excluding ortho intramolecular Hbond substituents is 1. The lowest BCUT2D eigenvalue weighted by Crippen LogP contribution is -2.54. The maximum Gasteiger partial charge on any atom is 0.198 e. The first-order valence-electron chi connectivity index (χ1n) is 12.9. The Morgan fingerprint density at radius 3 is 2.35 bits per heavy atom. The highest BCUT2D eigenvalue weighted by atomic mass is 16.7. The van der Waals surface area contributed by atoms with Gasteiger partial charge in [-0.15, -0.1) is 0 Å². The number of aryl methyl sites for hydroxylation is 1. The molecule has 6 N–H and O–H groups in total. The van der Waals surface area contributed by atoms with Crippen LogP contribution in [0, 0.1) is 30.6 Å². The minimum absolute atomic E-state index is 0.0355. The lowest BCUT2D eigenvalue weighted by molar-refractivity contribution is 0.0867. The molecular formula is C32H24N2O6. The Morgan fingerprint density at radius 1 is 1.02 bits per heavy atom. The summed E-state index contributed by atoms with van der Waals surface area (Å²) < 4.78 is 6.21. The zero-order valence-electron chi connectivity index (χ0n) is 21.6. The molecule has 0 saturated carbocycles. The fourth-order valence-electron chi connectivity index (χ4n) is 6.62. The highest BCUT2D eigenvalue weighted by molar-refractivity contribution is 6.32. The van der Waals surface area contributed by atoms with Gasteiger partial charge in [0.2, 0.25) is 0 Å². The van der Waals surface area contributed by atoms with Crippen LogP contribution >= 0.6 is 0 Å². The number of aliphatic hydroxyl groups is 2. The molecule has 2 bridgehead atoms. The van der Waals surface area contributed by atoms with Crippen molar-refractivity contribution in [2.24, 2.45) is 5.73 Å². The number of carbonyl (C=O) groups excluding carboxylic acids is 2. The first kappa shape index (κ1) is 24.6. The van der Waals surface area contributed by atoms with E-state index in [0.717, 1.165) is 21.9 Å². The zero-order chi connectivity index (χ0) is 28.1. The molecule has 0 radical (unpaired) electrons. The number of fused-ring (bicyclic) bond motifs is 5. The normalized spacial score (nSPS) is 28.3. The van der Waals surface area contributed by atoms with E-state index in [0.29, 0.717) is 6.54 Å². The first-order valence-corrected chi connectivity index (χ1v) is 12.9. The molecule has 5 atom stereocenters. The van der Waals surface area contributed by atoms with Gasteiger partial charge in [0.25, 0.3) is 0 Å². The Labute approximate surface area is 229 Å². The van der Waals surface area contributed by atoms with Gasteiger partial charge < -0.3 is 31.1 Å². The van der Waals surface area contributed by atoms with Gasteiger partial charge in [-0.3, -0.25) is 9.59 Å². The molecule has 1 saturated heterocycles. The first-order chi connectivity index (χ1) is 19.2. The van der Waals surface area contributed by atoms with Crippen molar-refractivity contribution in [3.63, 3.8) is 0 Å². The predicted octanol–water partition coefficient (Wildman–Crippen LogP) is 2.16. The number of ether oxygens (including phenoxy) is 1. The van der Waals surface area contributed by atoms with Crippen LogP contribution in [0.4, 0.5) is 5.69 Å². The van der Waals surface area contributed by atoms with Crippen molar-refractivity contribution in [2.75, 3.05) is 5.32 Å². The van der Waals surface area contributed by atoms with Crippen LogP contribution in [0.1, 0.15) is 55.5 Å². The van der Waals surface area contributed by atoms with Crippen molar-refractivity contribution in [2.45, 2.75) is 49.8 Å². The average Bonchev–Trinajstić information content (AvgIpc) is 3.66. The molecule has 8 nitrogen and oxygen atoms in total. The van der Waals surface area contributed by atoms with Crippen molar-refractivity contribution in [1.29, 1.82) is 0 Å². The summed E-state index contributed by atoms with van der Waals surface area (Å²) in [7, 11) is 0. The van der Waals surface area contributed by atoms with Crippen molar-refractivity contribution in [3.8, 4) is 29.4 Å². The van der Waals surface area contributed by atoms with Gasteiger partial charge in [-0.05, 0) is 72.2 Å². The second-order valence-corrected chi connectivity index (χ2v) is 10.7. The number of aliphatic hydroxyl groups excluding tert-OH is 2. The molecule has 0 unspecified atom stereocenters. The van der Waals surface area contributed by atoms with E-state index in [9.17, 15) is 24.9 Å². The minimum atomic E-state index is -1.60. The fraction of sp³-hybridized carbons (Fsp3) is 0.250. The van der Waals surface area contributed by atoms with Crippen LogP contribution in [0.2, 0.25) is 0 Å². The molecule has 0 spiro atoms. The maximum atomic E-state index is 14.2. The fourth-order valence-corrected chi connectivity index (χ4v) is 6.62. The number of anilines is 1. The van der Waals surface area contributed by atoms with E-state index in [2.05, 4.69) is 29.0 Å². The Kier molecular flexibility index (Phi) is 4.95. The average molecular weight is 533 g/mol. The Balaban J connectivity index is 1.50. The van der Waals surface area contributed by atoms with Gasteiger partial charge in [-0.2, -0.15) is 0 Å². The van der Waals surface area contributed by atoms with Gasteiger partial charge in [0.15, 0.2) is 28.9 Å². The third kappa shape index (κ3) is 2.86. The molecule has 3 aromatic carbocycles. The molecule has 2 aliphatic carbocycles. The number of benzene rings is 3. The summed E-state index contributed by atoms with van der Waals surface area (Å²) in [6.07, 6.45) is 0.458. The largest absolute Gasteiger partial charge is 0.507 e. The molecule has 2 heterocycles. The molecule has 40 heavy (non-hydrogen) atoms. The van der Waals surface area contributed by atoms with E-state index in [4.69, 9.17) is 10.5 Å². The Morgan fingerprint density at radius 2 is 1.68 bits per heavy atom. The number of hydrogen-bond donors (Lipinski definition) is 5. The topological polar surface area (TPSA) is 145 Å². The summed E-state index contributed by atoms with van der Waals surface area (Å²) in [6, 6.07) is 7.62. The molecular weight excluding hydrogens is 508 g/mol. The number of aromatic hydroxyl groups is 1. The van der Waals surface area contributed by atoms with Crippen molar-refractivity contribution in [1.82, 2.24) is 0 Å². The van der Waals surface area contributed by atoms with Crippen LogP contribution in [0.3, 0.4) is 0 Å². The van der Waals surface area contributed by atoms with Crippen LogP contribution in [0.15, 0.2) is 42.5 Å². The predicted molar refractivity (Wildman–Crippen MR) is 147 cm³/mol. The van der Waals surface area contributed by atoms with Crippen LogP contribution in [0.25, 0.3) is 10.8 Å². The quantitative estimate of drug-likeness (QED) is 0.150. The molecule has 198 valence electrons. The lowest BCUT2D eigenvalue weighted by atomic mass is 9.69. The van der Waals surface area contributed by atoms with Crippen LogP contribution in [-0.4, -0.2) is 50.7 Å². The smallest absolute Gasteiger partial charge is 0.198 e. The van der Waals surface area contributed by atoms with Gasteiger partial charge >= 0.3 is 0 Å². The highest BCUT2D eigenvalue weighted by Crippen LogP contribution is 2.67. The summed E-state index contributed by atoms with van der Waals surface area (Å²) in [5, 5.41) is 38.2. The van der Waals surface area contributed by atoms with Crippen LogP contribution < -0.4 is 11.1 Å². The van der Waals surface area contributed by atoms with Crippen molar-refractivity contribution in [3.05, 3.63) is 81.4 Å². The van der Waals surface area contributed by atoms with E-state index in [1.165, 1.54) is 25.1 Å². The summed E-state index contributed by atoms with van der Waals surface area (Å²) in [4.78, 5) is 28.1. The van der Waals surface area contributed by atoms with Crippen LogP contribution in [-0.2, 0) is 16.9 Å². The minimum Gasteiger partial charge on any atom is -0.507 e. The molecule has 0 amide bonds. The van der Waals surface area contributed by atoms with E-state index in [1.54, 1.807) is 12.1 Å². The third-order valence-corrected chi connectivity index (χ3v) is 8.59. The number of ketones is 2. The molecule has 1 fully saturated rings. The van der Waals surface area contributed by atoms with Gasteiger partial charge in [0.1, 0.15) is 11.8 Å². The number of hydrogen-bond acceptors (Lipinski definition) is 8. The Hall–Kier alpha value is -4.44. The molecule has 0 aromatic heterocycles. The summed E-state index contributed by atoms with van der Waals surface area (Å²) in [5.74, 6) is 9.94. The second-order valence-electron chi connectivity index (χ2n) is 10.7.